The highest BCUT2D eigenvalue weighted by Gasteiger charge is 2.34. The zero-order valence-electron chi connectivity index (χ0n) is 12.3. The van der Waals surface area contributed by atoms with Crippen molar-refractivity contribution in [2.45, 2.75) is 23.8 Å². The number of rotatable bonds is 4. The predicted molar refractivity (Wildman–Crippen MR) is 80.4 cm³/mol. The van der Waals surface area contributed by atoms with Gasteiger partial charge in [0, 0.05) is 38.8 Å². The van der Waals surface area contributed by atoms with Gasteiger partial charge in [0.05, 0.1) is 4.90 Å². The van der Waals surface area contributed by atoms with Crippen molar-refractivity contribution in [1.29, 1.82) is 0 Å². The molecule has 1 heterocycles. The minimum absolute atomic E-state index is 0.127. The fraction of sp³-hybridized carbons (Fsp3) is 0.500. The van der Waals surface area contributed by atoms with Crippen LogP contribution in [0.2, 0.25) is 0 Å². The minimum atomic E-state index is -3.53. The van der Waals surface area contributed by atoms with Crippen molar-refractivity contribution in [3.63, 3.8) is 0 Å². The smallest absolute Gasteiger partial charge is 0.253 e. The summed E-state index contributed by atoms with van der Waals surface area (Å²) >= 11 is 0. The molecule has 6 nitrogen and oxygen atoms in total. The van der Waals surface area contributed by atoms with Crippen LogP contribution < -0.4 is 5.73 Å². The number of carbonyl (C=O) groups is 1. The fourth-order valence-corrected chi connectivity index (χ4v) is 4.23. The van der Waals surface area contributed by atoms with Crippen molar-refractivity contribution in [2.24, 2.45) is 5.73 Å². The van der Waals surface area contributed by atoms with Gasteiger partial charge in [-0.05, 0) is 37.1 Å². The highest BCUT2D eigenvalue weighted by atomic mass is 32.2. The lowest BCUT2D eigenvalue weighted by molar-refractivity contribution is 0.0827. The van der Waals surface area contributed by atoms with Gasteiger partial charge in [-0.2, -0.15) is 4.31 Å². The molecule has 116 valence electrons. The van der Waals surface area contributed by atoms with Crippen LogP contribution in [0, 0.1) is 0 Å². The number of sulfonamides is 1. The molecule has 1 unspecified atom stereocenters. The summed E-state index contributed by atoms with van der Waals surface area (Å²) in [4.78, 5) is 13.5. The highest BCUT2D eigenvalue weighted by molar-refractivity contribution is 7.89. The molecule has 1 aliphatic heterocycles. The second-order valence-electron chi connectivity index (χ2n) is 5.37. The van der Waals surface area contributed by atoms with Crippen LogP contribution in [0.15, 0.2) is 29.2 Å². The summed E-state index contributed by atoms with van der Waals surface area (Å²) in [5, 5.41) is 0. The van der Waals surface area contributed by atoms with Gasteiger partial charge in [0.2, 0.25) is 10.0 Å². The third-order valence-electron chi connectivity index (χ3n) is 3.71. The minimum Gasteiger partial charge on any atom is -0.345 e. The highest BCUT2D eigenvalue weighted by Crippen LogP contribution is 2.25. The number of hydrogen-bond donors (Lipinski definition) is 1. The van der Waals surface area contributed by atoms with E-state index in [1.165, 1.54) is 21.3 Å². The van der Waals surface area contributed by atoms with E-state index in [0.717, 1.165) is 12.8 Å². The Morgan fingerprint density at radius 3 is 2.48 bits per heavy atom. The van der Waals surface area contributed by atoms with Crippen LogP contribution in [0.5, 0.6) is 0 Å². The fourth-order valence-electron chi connectivity index (χ4n) is 2.52. The summed E-state index contributed by atoms with van der Waals surface area (Å²) in [5.41, 5.74) is 6.11. The summed E-state index contributed by atoms with van der Waals surface area (Å²) in [6.45, 7) is 0.832. The molecule has 0 radical (unpaired) electrons. The van der Waals surface area contributed by atoms with Crippen molar-refractivity contribution >= 4 is 15.9 Å². The van der Waals surface area contributed by atoms with E-state index < -0.39 is 10.0 Å². The van der Waals surface area contributed by atoms with E-state index in [9.17, 15) is 13.2 Å². The first kappa shape index (κ1) is 15.9. The number of nitrogens with two attached hydrogens (primary N) is 1. The molecule has 1 aromatic rings. The van der Waals surface area contributed by atoms with Gasteiger partial charge in [-0.15, -0.1) is 0 Å². The van der Waals surface area contributed by atoms with Crippen LogP contribution in [0.1, 0.15) is 23.2 Å². The summed E-state index contributed by atoms with van der Waals surface area (Å²) in [5.74, 6) is -0.153. The van der Waals surface area contributed by atoms with Crippen LogP contribution >= 0.6 is 0 Å². The molecule has 0 aliphatic carbocycles. The lowest BCUT2D eigenvalue weighted by Gasteiger charge is -2.23. The predicted octanol–water partition coefficient (Wildman–Crippen LogP) is 0.500. The standard InChI is InChI=1S/C14H21N3O3S/c1-16(2)14(18)11-5-7-13(8-6-11)21(19,20)17-9-3-4-12(17)10-15/h5-8,12H,3-4,9-10,15H2,1-2H3. The molecule has 1 fully saturated rings. The van der Waals surface area contributed by atoms with E-state index in [1.54, 1.807) is 26.2 Å². The first-order valence-electron chi connectivity index (χ1n) is 6.91. The van der Waals surface area contributed by atoms with Crippen LogP contribution in [-0.4, -0.2) is 56.8 Å². The van der Waals surface area contributed by atoms with Gasteiger partial charge in [0.25, 0.3) is 5.91 Å². The molecule has 1 amide bonds. The Kier molecular flexibility index (Phi) is 4.65. The molecule has 2 N–H and O–H groups in total. The molecular formula is C14H21N3O3S. The molecule has 0 aromatic heterocycles. The molecule has 0 bridgehead atoms. The molecule has 0 spiro atoms. The first-order valence-corrected chi connectivity index (χ1v) is 8.35. The van der Waals surface area contributed by atoms with E-state index in [-0.39, 0.29) is 16.8 Å². The molecule has 1 aliphatic rings. The number of carbonyl (C=O) groups excluding carboxylic acids is 1. The summed E-state index contributed by atoms with van der Waals surface area (Å²) in [7, 11) is -0.223. The van der Waals surface area contributed by atoms with Crippen molar-refractivity contribution in [3.05, 3.63) is 29.8 Å². The quantitative estimate of drug-likeness (QED) is 0.877. The molecule has 1 saturated heterocycles. The number of nitrogens with zero attached hydrogens (tertiary/aromatic N) is 2. The Labute approximate surface area is 125 Å². The maximum absolute atomic E-state index is 12.6. The summed E-state index contributed by atoms with van der Waals surface area (Å²) in [6.07, 6.45) is 1.63. The van der Waals surface area contributed by atoms with E-state index in [2.05, 4.69) is 0 Å². The zero-order chi connectivity index (χ0) is 15.6. The van der Waals surface area contributed by atoms with Crippen LogP contribution in [0.25, 0.3) is 0 Å². The second kappa shape index (κ2) is 6.13. The van der Waals surface area contributed by atoms with Crippen molar-refractivity contribution < 1.29 is 13.2 Å². The van der Waals surface area contributed by atoms with E-state index in [1.807, 2.05) is 0 Å². The SMILES string of the molecule is CN(C)C(=O)c1ccc(S(=O)(=O)N2CCCC2CN)cc1. The van der Waals surface area contributed by atoms with Crippen molar-refractivity contribution in [3.8, 4) is 0 Å². The van der Waals surface area contributed by atoms with Gasteiger partial charge < -0.3 is 10.6 Å². The van der Waals surface area contributed by atoms with E-state index in [0.29, 0.717) is 18.7 Å². The zero-order valence-corrected chi connectivity index (χ0v) is 13.1. The van der Waals surface area contributed by atoms with E-state index in [4.69, 9.17) is 5.73 Å². The van der Waals surface area contributed by atoms with Gasteiger partial charge in [0.15, 0.2) is 0 Å². The van der Waals surface area contributed by atoms with Crippen molar-refractivity contribution in [1.82, 2.24) is 9.21 Å². The summed E-state index contributed by atoms with van der Waals surface area (Å²) in [6, 6.07) is 5.93. The van der Waals surface area contributed by atoms with Crippen LogP contribution in [0.4, 0.5) is 0 Å². The molecule has 1 atom stereocenters. The Morgan fingerprint density at radius 2 is 1.95 bits per heavy atom. The van der Waals surface area contributed by atoms with Gasteiger partial charge in [-0.25, -0.2) is 8.42 Å². The average molecular weight is 311 g/mol. The van der Waals surface area contributed by atoms with Gasteiger partial charge in [-0.1, -0.05) is 0 Å². The van der Waals surface area contributed by atoms with E-state index >= 15 is 0 Å². The van der Waals surface area contributed by atoms with Gasteiger partial charge >= 0.3 is 0 Å². The number of benzene rings is 1. The largest absolute Gasteiger partial charge is 0.345 e. The monoisotopic (exact) mass is 311 g/mol. The maximum atomic E-state index is 12.6. The average Bonchev–Trinajstić information content (AvgIpc) is 2.95. The molecule has 1 aromatic carbocycles. The second-order valence-corrected chi connectivity index (χ2v) is 7.26. The molecule has 7 heteroatoms. The molecule has 2 rings (SSSR count). The van der Waals surface area contributed by atoms with Crippen LogP contribution in [0.3, 0.4) is 0 Å². The first-order chi connectivity index (χ1) is 9.87. The Morgan fingerprint density at radius 1 is 1.33 bits per heavy atom. The van der Waals surface area contributed by atoms with Crippen molar-refractivity contribution in [2.75, 3.05) is 27.2 Å². The normalized spacial score (nSPS) is 19.7. The third kappa shape index (κ3) is 3.09. The lowest BCUT2D eigenvalue weighted by atomic mass is 10.2. The van der Waals surface area contributed by atoms with Crippen LogP contribution in [-0.2, 0) is 10.0 Å². The van der Waals surface area contributed by atoms with Gasteiger partial charge in [0.1, 0.15) is 0 Å². The molecule has 21 heavy (non-hydrogen) atoms. The Balaban J connectivity index is 2.27. The number of hydrogen-bond acceptors (Lipinski definition) is 4. The Hall–Kier alpha value is -1.44. The summed E-state index contributed by atoms with van der Waals surface area (Å²) < 4.78 is 26.7. The topological polar surface area (TPSA) is 83.7 Å². The lowest BCUT2D eigenvalue weighted by Crippen LogP contribution is -2.39. The maximum Gasteiger partial charge on any atom is 0.253 e. The third-order valence-corrected chi connectivity index (χ3v) is 5.68. The molecule has 0 saturated carbocycles. The number of amides is 1. The molecular weight excluding hydrogens is 290 g/mol. The van der Waals surface area contributed by atoms with Gasteiger partial charge in [-0.3, -0.25) is 4.79 Å². The Bertz CT molecular complexity index is 611.